The second-order valence-corrected chi connectivity index (χ2v) is 6.98. The Morgan fingerprint density at radius 2 is 1.65 bits per heavy atom. The molecule has 7 nitrogen and oxygen atoms in total. The number of rotatable bonds is 6. The maximum atomic E-state index is 10.4. The fourth-order valence-electron chi connectivity index (χ4n) is 1.84. The Kier molecular flexibility index (Phi) is 5.55. The van der Waals surface area contributed by atoms with Gasteiger partial charge in [0.25, 0.3) is 0 Å². The largest absolute Gasteiger partial charge is 0.397 e. The molecule has 1 aromatic rings. The molecule has 0 radical (unpaired) electrons. The van der Waals surface area contributed by atoms with Gasteiger partial charge in [0.2, 0.25) is 0 Å². The lowest BCUT2D eigenvalue weighted by Crippen LogP contribution is -2.06. The zero-order valence-electron chi connectivity index (χ0n) is 11.1. The molecule has 1 rings (SSSR count). The van der Waals surface area contributed by atoms with Crippen molar-refractivity contribution >= 4 is 21.3 Å². The lowest BCUT2D eigenvalue weighted by molar-refractivity contribution is 0.265. The highest BCUT2D eigenvalue weighted by atomic mass is 32.3. The second kappa shape index (κ2) is 6.39. The third-order valence-electron chi connectivity index (χ3n) is 2.75. The molecule has 0 saturated carbocycles. The van der Waals surface area contributed by atoms with Crippen LogP contribution in [-0.2, 0) is 21.0 Å². The van der Waals surface area contributed by atoms with Crippen LogP contribution in [0.2, 0.25) is 0 Å². The zero-order chi connectivity index (χ0) is 15.6. The van der Waals surface area contributed by atoms with Crippen LogP contribution in [0, 0.1) is 13.8 Å². The fourth-order valence-corrected chi connectivity index (χ4v) is 2.99. The Hall–Kier alpha value is -0.680. The lowest BCUT2D eigenvalue weighted by Gasteiger charge is -2.23. The van der Waals surface area contributed by atoms with E-state index in [9.17, 15) is 22.1 Å². The number of benzene rings is 1. The van der Waals surface area contributed by atoms with Gasteiger partial charge in [-0.1, -0.05) is 6.07 Å². The molecule has 0 atom stereocenters. The van der Waals surface area contributed by atoms with Crippen LogP contribution in [-0.4, -0.2) is 33.2 Å². The van der Waals surface area contributed by atoms with Crippen LogP contribution in [0.3, 0.4) is 0 Å². The topological polar surface area (TPSA) is 124 Å². The Balaban J connectivity index is 2.76. The Labute approximate surface area is 119 Å². The monoisotopic (exact) mass is 326 g/mol. The zero-order valence-corrected chi connectivity index (χ0v) is 12.7. The van der Waals surface area contributed by atoms with E-state index in [0.29, 0.717) is 18.4 Å². The molecule has 0 spiro atoms. The minimum atomic E-state index is -4.42. The van der Waals surface area contributed by atoms with Gasteiger partial charge >= 0.3 is 10.4 Å². The predicted molar refractivity (Wildman–Crippen MR) is 75.5 cm³/mol. The molecular formula is C11H18O7S2. The van der Waals surface area contributed by atoms with Gasteiger partial charge < -0.3 is 13.7 Å². The molecule has 20 heavy (non-hydrogen) atoms. The SMILES string of the molecule is Cc1cc(S(O)(O)O)c(C)cc1CCCOS(=O)(=O)O. The van der Waals surface area contributed by atoms with Crippen molar-refractivity contribution in [2.24, 2.45) is 0 Å². The van der Waals surface area contributed by atoms with Crippen molar-refractivity contribution in [1.82, 2.24) is 0 Å². The van der Waals surface area contributed by atoms with Crippen LogP contribution < -0.4 is 0 Å². The molecule has 0 aliphatic rings. The first kappa shape index (κ1) is 17.4. The molecule has 0 aliphatic heterocycles. The highest BCUT2D eigenvalue weighted by Crippen LogP contribution is 2.46. The number of hydrogen-bond donors (Lipinski definition) is 4. The van der Waals surface area contributed by atoms with Crippen LogP contribution in [0.1, 0.15) is 23.1 Å². The van der Waals surface area contributed by atoms with Crippen molar-refractivity contribution in [3.05, 3.63) is 28.8 Å². The third kappa shape index (κ3) is 5.37. The third-order valence-corrected chi connectivity index (χ3v) is 4.25. The van der Waals surface area contributed by atoms with Gasteiger partial charge in [0.05, 0.1) is 11.5 Å². The molecule has 0 aromatic heterocycles. The molecule has 0 amide bonds. The molecule has 0 bridgehead atoms. The summed E-state index contributed by atoms with van der Waals surface area (Å²) in [6.07, 6.45) is 0.863. The summed E-state index contributed by atoms with van der Waals surface area (Å²) < 4.78 is 61.2. The van der Waals surface area contributed by atoms with Crippen LogP contribution in [0.15, 0.2) is 17.0 Å². The van der Waals surface area contributed by atoms with Gasteiger partial charge in [0.15, 0.2) is 0 Å². The van der Waals surface area contributed by atoms with E-state index in [1.165, 1.54) is 6.07 Å². The van der Waals surface area contributed by atoms with E-state index in [-0.39, 0.29) is 11.5 Å². The highest BCUT2D eigenvalue weighted by Gasteiger charge is 2.19. The summed E-state index contributed by atoms with van der Waals surface area (Å²) in [7, 11) is -8.17. The standard InChI is InChI=1S/C11H18O7S2/c1-8-7-11(19(12,13)14)9(2)6-10(8)4-3-5-18-20(15,16)17/h6-7,12-14H,3-5H2,1-2H3,(H,15,16,17). The van der Waals surface area contributed by atoms with Crippen LogP contribution in [0.5, 0.6) is 0 Å². The Morgan fingerprint density at radius 3 is 2.15 bits per heavy atom. The average Bonchev–Trinajstić information content (AvgIpc) is 2.25. The fraction of sp³-hybridized carbons (Fsp3) is 0.455. The van der Waals surface area contributed by atoms with Crippen molar-refractivity contribution in [3.63, 3.8) is 0 Å². The van der Waals surface area contributed by atoms with E-state index >= 15 is 0 Å². The molecule has 1 aromatic carbocycles. The van der Waals surface area contributed by atoms with Crippen LogP contribution in [0.25, 0.3) is 0 Å². The van der Waals surface area contributed by atoms with Crippen molar-refractivity contribution < 1.29 is 30.8 Å². The molecular weight excluding hydrogens is 308 g/mol. The van der Waals surface area contributed by atoms with Crippen LogP contribution >= 0.6 is 10.9 Å². The predicted octanol–water partition coefficient (Wildman–Crippen LogP) is 2.64. The molecule has 4 N–H and O–H groups in total. The van der Waals surface area contributed by atoms with E-state index in [4.69, 9.17) is 4.55 Å². The first-order valence-electron chi connectivity index (χ1n) is 5.73. The van der Waals surface area contributed by atoms with Crippen molar-refractivity contribution in [2.45, 2.75) is 31.6 Å². The second-order valence-electron chi connectivity index (χ2n) is 4.42. The average molecular weight is 326 g/mol. The molecule has 0 saturated heterocycles. The quantitative estimate of drug-likeness (QED) is 0.468. The molecule has 116 valence electrons. The minimum absolute atomic E-state index is 0.0768. The van der Waals surface area contributed by atoms with E-state index in [0.717, 1.165) is 11.1 Å². The maximum Gasteiger partial charge on any atom is 0.397 e. The summed E-state index contributed by atoms with van der Waals surface area (Å²) in [6.45, 7) is 3.23. The lowest BCUT2D eigenvalue weighted by atomic mass is 10.0. The Bertz CT molecular complexity index is 575. The molecule has 0 heterocycles. The summed E-state index contributed by atoms with van der Waals surface area (Å²) in [5.41, 5.74) is 2.14. The van der Waals surface area contributed by atoms with Crippen molar-refractivity contribution in [1.29, 1.82) is 0 Å². The van der Waals surface area contributed by atoms with Crippen molar-refractivity contribution in [2.75, 3.05) is 6.61 Å². The Morgan fingerprint density at radius 1 is 1.05 bits per heavy atom. The first-order valence-corrected chi connectivity index (χ1v) is 8.60. The van der Waals surface area contributed by atoms with Gasteiger partial charge in [0.1, 0.15) is 10.9 Å². The summed E-state index contributed by atoms with van der Waals surface area (Å²) in [4.78, 5) is 0.0768. The van der Waals surface area contributed by atoms with Gasteiger partial charge in [-0.25, -0.2) is 4.18 Å². The van der Waals surface area contributed by atoms with Gasteiger partial charge in [-0.2, -0.15) is 8.42 Å². The van der Waals surface area contributed by atoms with Gasteiger partial charge in [0, 0.05) is 0 Å². The smallest absolute Gasteiger partial charge is 0.304 e. The summed E-state index contributed by atoms with van der Waals surface area (Å²) in [5.74, 6) is 0. The number of aryl methyl sites for hydroxylation is 3. The van der Waals surface area contributed by atoms with Crippen LogP contribution in [0.4, 0.5) is 0 Å². The van der Waals surface area contributed by atoms with E-state index in [1.807, 2.05) is 0 Å². The normalized spacial score (nSPS) is 13.5. The summed E-state index contributed by atoms with van der Waals surface area (Å²) in [5, 5.41) is 0. The van der Waals surface area contributed by atoms with E-state index in [1.54, 1.807) is 19.9 Å². The van der Waals surface area contributed by atoms with Gasteiger partial charge in [-0.05, 0) is 49.4 Å². The highest BCUT2D eigenvalue weighted by molar-refractivity contribution is 8.19. The molecule has 0 unspecified atom stereocenters. The van der Waals surface area contributed by atoms with Gasteiger partial charge in [-0.3, -0.25) is 4.55 Å². The minimum Gasteiger partial charge on any atom is -0.304 e. The molecule has 0 aliphatic carbocycles. The first-order chi connectivity index (χ1) is 9.00. The summed E-state index contributed by atoms with van der Waals surface area (Å²) in [6, 6.07) is 3.19. The van der Waals surface area contributed by atoms with Gasteiger partial charge in [-0.15, -0.1) is 0 Å². The molecule has 9 heteroatoms. The van der Waals surface area contributed by atoms with E-state index in [2.05, 4.69) is 4.18 Å². The van der Waals surface area contributed by atoms with E-state index < -0.39 is 21.3 Å². The maximum absolute atomic E-state index is 10.4. The molecule has 0 fully saturated rings. The van der Waals surface area contributed by atoms with Crippen molar-refractivity contribution in [3.8, 4) is 0 Å². The summed E-state index contributed by atoms with van der Waals surface area (Å²) >= 11 is 0. The number of hydrogen-bond acceptors (Lipinski definition) is 6.